The third-order valence-electron chi connectivity index (χ3n) is 3.31. The monoisotopic (exact) mass is 306 g/mol. The van der Waals surface area contributed by atoms with Crippen molar-refractivity contribution in [1.29, 1.82) is 0 Å². The van der Waals surface area contributed by atoms with E-state index >= 15 is 0 Å². The van der Waals surface area contributed by atoms with Gasteiger partial charge in [-0.2, -0.15) is 0 Å². The van der Waals surface area contributed by atoms with Gasteiger partial charge in [-0.25, -0.2) is 14.6 Å². The molecule has 2 rings (SSSR count). The van der Waals surface area contributed by atoms with Gasteiger partial charge in [-0.05, 0) is 18.9 Å². The molecule has 0 aromatic carbocycles. The van der Waals surface area contributed by atoms with E-state index in [2.05, 4.69) is 20.0 Å². The molecule has 2 heterocycles. The third kappa shape index (κ3) is 4.44. The smallest absolute Gasteiger partial charge is 0.407 e. The van der Waals surface area contributed by atoms with Gasteiger partial charge in [-0.1, -0.05) is 0 Å². The lowest BCUT2D eigenvalue weighted by molar-refractivity contribution is -0.134. The number of rotatable bonds is 4. The van der Waals surface area contributed by atoms with Gasteiger partial charge < -0.3 is 20.1 Å². The summed E-state index contributed by atoms with van der Waals surface area (Å²) in [6.07, 6.45) is 6.65. The first kappa shape index (κ1) is 15.7. The van der Waals surface area contributed by atoms with Crippen LogP contribution in [0.25, 0.3) is 6.08 Å². The molecule has 1 aromatic heterocycles. The highest BCUT2D eigenvalue weighted by Gasteiger charge is 2.23. The molecule has 1 saturated heterocycles. The largest absolute Gasteiger partial charge is 0.466 e. The highest BCUT2D eigenvalue weighted by atomic mass is 16.5. The summed E-state index contributed by atoms with van der Waals surface area (Å²) in [5.74, 6) is 0.118. The lowest BCUT2D eigenvalue weighted by Crippen LogP contribution is -2.44. The molecule has 118 valence electrons. The van der Waals surface area contributed by atoms with Crippen LogP contribution in [0, 0.1) is 0 Å². The van der Waals surface area contributed by atoms with Gasteiger partial charge in [0, 0.05) is 25.2 Å². The predicted molar refractivity (Wildman–Crippen MR) is 79.3 cm³/mol. The average Bonchev–Trinajstić information content (AvgIpc) is 2.54. The van der Waals surface area contributed by atoms with E-state index in [0.717, 1.165) is 12.8 Å². The first-order valence-electron chi connectivity index (χ1n) is 6.91. The summed E-state index contributed by atoms with van der Waals surface area (Å²) < 4.78 is 4.49. The first-order valence-corrected chi connectivity index (χ1v) is 6.91. The van der Waals surface area contributed by atoms with E-state index < -0.39 is 12.1 Å². The van der Waals surface area contributed by atoms with Gasteiger partial charge in [-0.3, -0.25) is 4.98 Å². The molecule has 1 fully saturated rings. The van der Waals surface area contributed by atoms with Gasteiger partial charge >= 0.3 is 12.1 Å². The quantitative estimate of drug-likeness (QED) is 0.636. The normalized spacial score (nSPS) is 18.2. The van der Waals surface area contributed by atoms with Crippen molar-refractivity contribution in [3.8, 4) is 0 Å². The predicted octanol–water partition coefficient (Wildman–Crippen LogP) is 1.22. The topological polar surface area (TPSA) is 105 Å². The Morgan fingerprint density at radius 1 is 1.45 bits per heavy atom. The Morgan fingerprint density at radius 3 is 2.91 bits per heavy atom. The van der Waals surface area contributed by atoms with Crippen LogP contribution in [0.5, 0.6) is 0 Å². The Labute approximate surface area is 127 Å². The number of piperidine rings is 1. The maximum Gasteiger partial charge on any atom is 0.407 e. The molecular formula is C14H18N4O4. The fraction of sp³-hybridized carbons (Fsp3) is 0.429. The number of ether oxygens (including phenoxy) is 1. The number of aromatic nitrogens is 2. The second-order valence-electron chi connectivity index (χ2n) is 4.90. The molecule has 1 atom stereocenters. The van der Waals surface area contributed by atoms with Crippen LogP contribution >= 0.6 is 0 Å². The molecule has 8 heteroatoms. The Balaban J connectivity index is 1.92. The molecule has 1 aliphatic rings. The molecule has 0 aliphatic carbocycles. The average molecular weight is 306 g/mol. The van der Waals surface area contributed by atoms with Crippen LogP contribution in [0.3, 0.4) is 0 Å². The molecule has 1 aromatic rings. The van der Waals surface area contributed by atoms with Crippen molar-refractivity contribution >= 4 is 24.0 Å². The number of carboxylic acid groups (broad SMARTS) is 1. The maximum atomic E-state index is 11.0. The van der Waals surface area contributed by atoms with E-state index in [1.165, 1.54) is 30.4 Å². The molecule has 22 heavy (non-hydrogen) atoms. The number of methoxy groups -OCH3 is 1. The van der Waals surface area contributed by atoms with Crippen LogP contribution in [0.2, 0.25) is 0 Å². The Kier molecular flexibility index (Phi) is 5.29. The summed E-state index contributed by atoms with van der Waals surface area (Å²) in [5.41, 5.74) is 0.534. The van der Waals surface area contributed by atoms with Crippen LogP contribution in [-0.2, 0) is 9.53 Å². The van der Waals surface area contributed by atoms with E-state index in [4.69, 9.17) is 5.11 Å². The maximum absolute atomic E-state index is 11.0. The van der Waals surface area contributed by atoms with Gasteiger partial charge in [0.2, 0.25) is 0 Å². The van der Waals surface area contributed by atoms with Crippen molar-refractivity contribution in [3.05, 3.63) is 24.2 Å². The number of anilines is 1. The van der Waals surface area contributed by atoms with Gasteiger partial charge in [0.25, 0.3) is 0 Å². The van der Waals surface area contributed by atoms with Crippen molar-refractivity contribution < 1.29 is 19.4 Å². The number of hydrogen-bond donors (Lipinski definition) is 2. The zero-order valence-electron chi connectivity index (χ0n) is 12.2. The van der Waals surface area contributed by atoms with Crippen molar-refractivity contribution in [3.63, 3.8) is 0 Å². The number of hydrogen-bond acceptors (Lipinski definition) is 6. The molecule has 0 spiro atoms. The van der Waals surface area contributed by atoms with E-state index in [0.29, 0.717) is 24.6 Å². The van der Waals surface area contributed by atoms with Crippen molar-refractivity contribution in [2.45, 2.75) is 18.9 Å². The number of nitrogens with zero attached hydrogens (tertiary/aromatic N) is 3. The van der Waals surface area contributed by atoms with Crippen LogP contribution in [0.15, 0.2) is 18.5 Å². The zero-order valence-corrected chi connectivity index (χ0v) is 12.2. The van der Waals surface area contributed by atoms with Gasteiger partial charge in [-0.15, -0.1) is 0 Å². The number of carbonyl (C=O) groups excluding carboxylic acids is 1. The second kappa shape index (κ2) is 7.39. The van der Waals surface area contributed by atoms with E-state index in [9.17, 15) is 9.59 Å². The van der Waals surface area contributed by atoms with Crippen molar-refractivity contribution in [2.75, 3.05) is 25.5 Å². The van der Waals surface area contributed by atoms with Gasteiger partial charge in [0.1, 0.15) is 5.82 Å². The number of amides is 1. The highest BCUT2D eigenvalue weighted by Crippen LogP contribution is 2.14. The van der Waals surface area contributed by atoms with E-state index in [-0.39, 0.29) is 6.04 Å². The fourth-order valence-corrected chi connectivity index (χ4v) is 2.20. The number of esters is 1. The summed E-state index contributed by atoms with van der Waals surface area (Å²) in [7, 11) is 1.30. The molecule has 0 saturated carbocycles. The second-order valence-corrected chi connectivity index (χ2v) is 4.90. The zero-order chi connectivity index (χ0) is 15.9. The first-order chi connectivity index (χ1) is 10.6. The minimum absolute atomic E-state index is 0.0237. The Morgan fingerprint density at radius 2 is 2.27 bits per heavy atom. The molecule has 8 nitrogen and oxygen atoms in total. The molecule has 0 bridgehead atoms. The summed E-state index contributed by atoms with van der Waals surface area (Å²) in [5, 5.41) is 12.2. The SMILES string of the molecule is COC(=O)/C=C/c1cnc(N[C@@H]2CCCN(C(=O)O)C2)cn1. The van der Waals surface area contributed by atoms with Crippen molar-refractivity contribution in [1.82, 2.24) is 14.9 Å². The van der Waals surface area contributed by atoms with Gasteiger partial charge in [0.15, 0.2) is 0 Å². The standard InChI is InChI=1S/C14H18N4O4/c1-22-13(19)5-4-10-7-16-12(8-15-10)17-11-3-2-6-18(9-11)14(20)21/h4-5,7-8,11H,2-3,6,9H2,1H3,(H,16,17)(H,20,21)/b5-4+/t11-/m1/s1. The summed E-state index contributed by atoms with van der Waals surface area (Å²) in [4.78, 5) is 31.7. The Bertz CT molecular complexity index is 558. The molecular weight excluding hydrogens is 288 g/mol. The van der Waals surface area contributed by atoms with Crippen LogP contribution < -0.4 is 5.32 Å². The Hall–Kier alpha value is -2.64. The highest BCUT2D eigenvalue weighted by molar-refractivity contribution is 5.86. The number of likely N-dealkylation sites (tertiary alicyclic amines) is 1. The number of nitrogens with one attached hydrogen (secondary N) is 1. The summed E-state index contributed by atoms with van der Waals surface area (Å²) >= 11 is 0. The molecule has 0 unspecified atom stereocenters. The minimum Gasteiger partial charge on any atom is -0.466 e. The molecule has 0 radical (unpaired) electrons. The molecule has 2 N–H and O–H groups in total. The lowest BCUT2D eigenvalue weighted by atomic mass is 10.1. The fourth-order valence-electron chi connectivity index (χ4n) is 2.20. The van der Waals surface area contributed by atoms with Crippen LogP contribution in [0.4, 0.5) is 10.6 Å². The van der Waals surface area contributed by atoms with Crippen molar-refractivity contribution in [2.24, 2.45) is 0 Å². The van der Waals surface area contributed by atoms with E-state index in [1.807, 2.05) is 0 Å². The molecule has 1 amide bonds. The van der Waals surface area contributed by atoms with Gasteiger partial charge in [0.05, 0.1) is 25.2 Å². The van der Waals surface area contributed by atoms with E-state index in [1.54, 1.807) is 6.20 Å². The summed E-state index contributed by atoms with van der Waals surface area (Å²) in [6, 6.07) is 0.0237. The van der Waals surface area contributed by atoms with Crippen LogP contribution in [0.1, 0.15) is 18.5 Å². The summed E-state index contributed by atoms with van der Waals surface area (Å²) in [6.45, 7) is 0.997. The molecule has 1 aliphatic heterocycles. The van der Waals surface area contributed by atoms with Crippen LogP contribution in [-0.4, -0.2) is 58.3 Å². The minimum atomic E-state index is -0.902. The third-order valence-corrected chi connectivity index (χ3v) is 3.31. The number of carbonyl (C=O) groups is 2. The lowest BCUT2D eigenvalue weighted by Gasteiger charge is -2.31.